The Morgan fingerprint density at radius 2 is 2.00 bits per heavy atom. The first-order chi connectivity index (χ1) is 14.3. The first kappa shape index (κ1) is 19.9. The van der Waals surface area contributed by atoms with Gasteiger partial charge in [0.25, 0.3) is 0 Å². The summed E-state index contributed by atoms with van der Waals surface area (Å²) < 4.78 is 40.5. The zero-order valence-corrected chi connectivity index (χ0v) is 17.5. The fourth-order valence-electron chi connectivity index (χ4n) is 5.26. The maximum absolute atomic E-state index is 12.7. The van der Waals surface area contributed by atoms with Gasteiger partial charge >= 0.3 is 6.18 Å². The van der Waals surface area contributed by atoms with Crippen molar-refractivity contribution in [3.05, 3.63) is 64.1 Å². The molecule has 0 spiro atoms. The van der Waals surface area contributed by atoms with Gasteiger partial charge in [0.2, 0.25) is 0 Å². The molecular formula is C23H23ClF3N3. The Morgan fingerprint density at radius 3 is 2.73 bits per heavy atom. The number of nitrogens with zero attached hydrogens (tertiary/aromatic N) is 3. The van der Waals surface area contributed by atoms with Gasteiger partial charge in [0.05, 0.1) is 0 Å². The molecule has 0 amide bonds. The molecule has 2 aliphatic heterocycles. The molecule has 5 rings (SSSR count). The van der Waals surface area contributed by atoms with E-state index in [1.807, 2.05) is 6.07 Å². The Balaban J connectivity index is 1.41. The number of aromatic nitrogens is 2. The van der Waals surface area contributed by atoms with Crippen LogP contribution in [-0.4, -0.2) is 27.5 Å². The lowest BCUT2D eigenvalue weighted by molar-refractivity contribution is -0.141. The third kappa shape index (κ3) is 3.30. The Morgan fingerprint density at radius 1 is 1.17 bits per heavy atom. The summed E-state index contributed by atoms with van der Waals surface area (Å²) >= 11 is 6.33. The maximum atomic E-state index is 12.7. The normalized spacial score (nSPS) is 21.4. The quantitative estimate of drug-likeness (QED) is 0.500. The van der Waals surface area contributed by atoms with Crippen LogP contribution in [0.1, 0.15) is 47.8 Å². The minimum atomic E-state index is -4.39. The molecule has 1 saturated heterocycles. The van der Waals surface area contributed by atoms with Crippen molar-refractivity contribution in [3.8, 4) is 0 Å². The zero-order chi connectivity index (χ0) is 21.0. The highest BCUT2D eigenvalue weighted by Crippen LogP contribution is 2.47. The SMILES string of the molecule is CN1C2CCC1c1c(n(CCCc3ccc(C(F)(F)F)nc3)c3ccc(Cl)cc13)C2. The lowest BCUT2D eigenvalue weighted by atomic mass is 9.97. The number of likely N-dealkylation sites (N-methyl/N-ethyl adjacent to an activating group) is 1. The molecule has 3 nitrogen and oxygen atoms in total. The van der Waals surface area contributed by atoms with Gasteiger partial charge in [-0.15, -0.1) is 0 Å². The molecule has 2 aliphatic rings. The van der Waals surface area contributed by atoms with E-state index in [0.717, 1.165) is 36.0 Å². The largest absolute Gasteiger partial charge is 0.433 e. The van der Waals surface area contributed by atoms with Crippen molar-refractivity contribution in [2.45, 2.75) is 56.9 Å². The molecule has 2 aromatic heterocycles. The topological polar surface area (TPSA) is 21.1 Å². The van der Waals surface area contributed by atoms with E-state index in [4.69, 9.17) is 11.6 Å². The van der Waals surface area contributed by atoms with E-state index in [1.165, 1.54) is 47.3 Å². The fraction of sp³-hybridized carbons (Fsp3) is 0.435. The van der Waals surface area contributed by atoms with Crippen LogP contribution in [0.15, 0.2) is 36.5 Å². The van der Waals surface area contributed by atoms with Crippen molar-refractivity contribution in [2.75, 3.05) is 7.05 Å². The van der Waals surface area contributed by atoms with Crippen LogP contribution in [0.5, 0.6) is 0 Å². The van der Waals surface area contributed by atoms with Gasteiger partial charge in [0.15, 0.2) is 0 Å². The van der Waals surface area contributed by atoms with Gasteiger partial charge < -0.3 is 4.57 Å². The van der Waals surface area contributed by atoms with Crippen molar-refractivity contribution in [3.63, 3.8) is 0 Å². The summed E-state index contributed by atoms with van der Waals surface area (Å²) in [7, 11) is 2.22. The predicted molar refractivity (Wildman–Crippen MR) is 112 cm³/mol. The van der Waals surface area contributed by atoms with E-state index >= 15 is 0 Å². The second-order valence-corrected chi connectivity index (χ2v) is 8.88. The molecule has 0 N–H and O–H groups in total. The van der Waals surface area contributed by atoms with E-state index in [2.05, 4.69) is 33.6 Å². The van der Waals surface area contributed by atoms with Crippen LogP contribution in [0.25, 0.3) is 10.9 Å². The van der Waals surface area contributed by atoms with Crippen molar-refractivity contribution in [1.29, 1.82) is 0 Å². The van der Waals surface area contributed by atoms with E-state index in [0.29, 0.717) is 18.5 Å². The molecule has 2 atom stereocenters. The summed E-state index contributed by atoms with van der Waals surface area (Å²) in [5, 5.41) is 1.99. The molecule has 2 unspecified atom stereocenters. The van der Waals surface area contributed by atoms with Crippen LogP contribution in [0.2, 0.25) is 5.02 Å². The van der Waals surface area contributed by atoms with Gasteiger partial charge in [0.1, 0.15) is 5.69 Å². The van der Waals surface area contributed by atoms with Crippen LogP contribution in [0.4, 0.5) is 13.2 Å². The molecule has 30 heavy (non-hydrogen) atoms. The van der Waals surface area contributed by atoms with Crippen LogP contribution >= 0.6 is 11.6 Å². The second kappa shape index (κ2) is 7.27. The summed E-state index contributed by atoms with van der Waals surface area (Å²) in [6.07, 6.45) is 1.93. The highest BCUT2D eigenvalue weighted by molar-refractivity contribution is 6.31. The van der Waals surface area contributed by atoms with E-state index in [1.54, 1.807) is 0 Å². The smallest absolute Gasteiger partial charge is 0.344 e. The predicted octanol–water partition coefficient (Wildman–Crippen LogP) is 6.03. The number of benzene rings is 1. The number of aryl methyl sites for hydroxylation is 2. The Hall–Kier alpha value is -2.05. The summed E-state index contributed by atoms with van der Waals surface area (Å²) in [4.78, 5) is 6.08. The van der Waals surface area contributed by atoms with Gasteiger partial charge in [-0.3, -0.25) is 9.88 Å². The van der Waals surface area contributed by atoms with Crippen molar-refractivity contribution in [1.82, 2.24) is 14.5 Å². The number of alkyl halides is 3. The van der Waals surface area contributed by atoms with Gasteiger partial charge in [-0.1, -0.05) is 17.7 Å². The Bertz CT molecular complexity index is 1090. The number of rotatable bonds is 4. The molecule has 7 heteroatoms. The molecule has 4 heterocycles. The van der Waals surface area contributed by atoms with E-state index in [-0.39, 0.29) is 0 Å². The van der Waals surface area contributed by atoms with Crippen LogP contribution in [-0.2, 0) is 25.6 Å². The maximum Gasteiger partial charge on any atom is 0.433 e. The molecule has 3 aromatic rings. The zero-order valence-electron chi connectivity index (χ0n) is 16.7. The van der Waals surface area contributed by atoms with Crippen molar-refractivity contribution < 1.29 is 13.2 Å². The lowest BCUT2D eigenvalue weighted by Gasteiger charge is -2.32. The number of halogens is 4. The number of hydrogen-bond acceptors (Lipinski definition) is 2. The summed E-state index contributed by atoms with van der Waals surface area (Å²) in [6.45, 7) is 0.831. The Labute approximate surface area is 178 Å². The average Bonchev–Trinajstić information content (AvgIpc) is 3.11. The number of hydrogen-bond donors (Lipinski definition) is 0. The van der Waals surface area contributed by atoms with Crippen molar-refractivity contribution >= 4 is 22.5 Å². The Kier molecular flexibility index (Phi) is 4.82. The number of fused-ring (bicyclic) bond motifs is 6. The monoisotopic (exact) mass is 433 g/mol. The molecule has 0 saturated carbocycles. The molecule has 2 bridgehead atoms. The summed E-state index contributed by atoms with van der Waals surface area (Å²) in [6, 6.07) is 9.75. The van der Waals surface area contributed by atoms with Gasteiger partial charge in [0, 0.05) is 52.9 Å². The molecular weight excluding hydrogens is 411 g/mol. The van der Waals surface area contributed by atoms with Gasteiger partial charge in [-0.05, 0) is 68.1 Å². The third-order valence-electron chi connectivity index (χ3n) is 6.74. The first-order valence-electron chi connectivity index (χ1n) is 10.4. The van der Waals surface area contributed by atoms with E-state index in [9.17, 15) is 13.2 Å². The molecule has 1 aromatic carbocycles. The van der Waals surface area contributed by atoms with Crippen LogP contribution < -0.4 is 0 Å². The molecule has 1 fully saturated rings. The third-order valence-corrected chi connectivity index (χ3v) is 6.98. The average molecular weight is 434 g/mol. The minimum Gasteiger partial charge on any atom is -0.344 e. The lowest BCUT2D eigenvalue weighted by Crippen LogP contribution is -2.34. The summed E-state index contributed by atoms with van der Waals surface area (Å²) in [5.74, 6) is 0. The molecule has 0 aliphatic carbocycles. The number of pyridine rings is 1. The van der Waals surface area contributed by atoms with Crippen LogP contribution in [0.3, 0.4) is 0 Å². The van der Waals surface area contributed by atoms with Gasteiger partial charge in [-0.25, -0.2) is 0 Å². The molecule has 0 radical (unpaired) electrons. The standard InChI is InChI=1S/C23H23ClF3N3/c1-29-16-6-8-19(29)22-17-11-15(24)5-7-18(17)30(20(22)12-16)10-2-3-14-4-9-21(28-13-14)23(25,26)27/h4-5,7,9,11,13,16,19H,2-3,6,8,10,12H2,1H3. The first-order valence-corrected chi connectivity index (χ1v) is 10.8. The highest BCUT2D eigenvalue weighted by Gasteiger charge is 2.40. The minimum absolute atomic E-state index is 0.445. The fourth-order valence-corrected chi connectivity index (χ4v) is 5.44. The van der Waals surface area contributed by atoms with Gasteiger partial charge in [-0.2, -0.15) is 13.2 Å². The molecule has 158 valence electrons. The van der Waals surface area contributed by atoms with Crippen LogP contribution in [0, 0.1) is 0 Å². The second-order valence-electron chi connectivity index (χ2n) is 8.44. The highest BCUT2D eigenvalue weighted by atomic mass is 35.5. The summed E-state index contributed by atoms with van der Waals surface area (Å²) in [5.41, 5.74) is 4.02. The van der Waals surface area contributed by atoms with Crippen molar-refractivity contribution in [2.24, 2.45) is 0 Å². The van der Waals surface area contributed by atoms with E-state index < -0.39 is 11.9 Å².